The highest BCUT2D eigenvalue weighted by atomic mass is 32.2. The minimum absolute atomic E-state index is 0.0686. The van der Waals surface area contributed by atoms with E-state index in [-0.39, 0.29) is 9.77 Å². The standard InChI is InChI=1S/C19H22N2O4S2/c1-4-11-21-17-10-9-16(12-18(17)26-19(21)22)27(23,24)20-13(2)14-5-7-15(25-3)8-6-14/h5-10,12-13,20H,4,11H2,1-3H3/t13-/m0/s1. The van der Waals surface area contributed by atoms with Crippen molar-refractivity contribution in [3.63, 3.8) is 0 Å². The molecule has 3 rings (SSSR count). The topological polar surface area (TPSA) is 77.4 Å². The van der Waals surface area contributed by atoms with Crippen LogP contribution in [0.3, 0.4) is 0 Å². The van der Waals surface area contributed by atoms with Gasteiger partial charge in [-0.15, -0.1) is 0 Å². The molecule has 2 aromatic carbocycles. The van der Waals surface area contributed by atoms with Crippen molar-refractivity contribution in [2.24, 2.45) is 0 Å². The van der Waals surface area contributed by atoms with Crippen molar-refractivity contribution >= 4 is 31.6 Å². The number of benzene rings is 2. The maximum atomic E-state index is 12.8. The van der Waals surface area contributed by atoms with E-state index in [9.17, 15) is 13.2 Å². The summed E-state index contributed by atoms with van der Waals surface area (Å²) in [5.41, 5.74) is 1.60. The highest BCUT2D eigenvalue weighted by Gasteiger charge is 2.20. The van der Waals surface area contributed by atoms with Crippen molar-refractivity contribution < 1.29 is 13.2 Å². The molecule has 1 atom stereocenters. The third-order valence-electron chi connectivity index (χ3n) is 4.34. The van der Waals surface area contributed by atoms with Gasteiger partial charge in [0.2, 0.25) is 10.0 Å². The maximum absolute atomic E-state index is 12.8. The zero-order chi connectivity index (χ0) is 19.6. The van der Waals surface area contributed by atoms with E-state index in [0.717, 1.165) is 28.8 Å². The fourth-order valence-electron chi connectivity index (χ4n) is 2.91. The molecule has 0 aliphatic carbocycles. The fourth-order valence-corrected chi connectivity index (χ4v) is 5.20. The lowest BCUT2D eigenvalue weighted by Gasteiger charge is -2.15. The summed E-state index contributed by atoms with van der Waals surface area (Å²) in [6.45, 7) is 4.41. The Hall–Kier alpha value is -2.16. The summed E-state index contributed by atoms with van der Waals surface area (Å²) < 4.78 is 35.7. The molecule has 1 heterocycles. The number of nitrogens with zero attached hydrogens (tertiary/aromatic N) is 1. The second kappa shape index (κ2) is 7.84. The number of hydrogen-bond acceptors (Lipinski definition) is 5. The average Bonchev–Trinajstić information content (AvgIpc) is 2.96. The predicted octanol–water partition coefficient (Wildman–Crippen LogP) is 3.52. The molecule has 0 aliphatic heterocycles. The summed E-state index contributed by atoms with van der Waals surface area (Å²) in [5.74, 6) is 0.714. The van der Waals surface area contributed by atoms with E-state index in [1.807, 2.05) is 19.1 Å². The van der Waals surface area contributed by atoms with E-state index in [1.54, 1.807) is 48.9 Å². The van der Waals surface area contributed by atoms with Gasteiger partial charge in [0, 0.05) is 12.6 Å². The van der Waals surface area contributed by atoms with Crippen LogP contribution in [0.4, 0.5) is 0 Å². The van der Waals surface area contributed by atoms with Gasteiger partial charge in [-0.05, 0) is 49.2 Å². The van der Waals surface area contributed by atoms with Crippen LogP contribution in [-0.2, 0) is 16.6 Å². The van der Waals surface area contributed by atoms with Crippen LogP contribution in [0.1, 0.15) is 31.9 Å². The molecule has 0 aliphatic rings. The number of thiazole rings is 1. The zero-order valence-electron chi connectivity index (χ0n) is 15.4. The predicted molar refractivity (Wildman–Crippen MR) is 108 cm³/mol. The summed E-state index contributed by atoms with van der Waals surface area (Å²) in [6, 6.07) is 11.6. The minimum Gasteiger partial charge on any atom is -0.497 e. The first-order valence-corrected chi connectivity index (χ1v) is 11.0. The molecule has 0 unspecified atom stereocenters. The van der Waals surface area contributed by atoms with Crippen molar-refractivity contribution in [1.82, 2.24) is 9.29 Å². The molecule has 3 aromatic rings. The highest BCUT2D eigenvalue weighted by molar-refractivity contribution is 7.89. The monoisotopic (exact) mass is 406 g/mol. The summed E-state index contributed by atoms with van der Waals surface area (Å²) in [4.78, 5) is 12.2. The largest absolute Gasteiger partial charge is 0.497 e. The van der Waals surface area contributed by atoms with Gasteiger partial charge in [-0.1, -0.05) is 30.4 Å². The van der Waals surface area contributed by atoms with Crippen LogP contribution < -0.4 is 14.3 Å². The van der Waals surface area contributed by atoms with E-state index in [4.69, 9.17) is 4.74 Å². The first-order chi connectivity index (χ1) is 12.9. The molecule has 0 spiro atoms. The van der Waals surface area contributed by atoms with Crippen LogP contribution >= 0.6 is 11.3 Å². The van der Waals surface area contributed by atoms with Crippen molar-refractivity contribution in [2.75, 3.05) is 7.11 Å². The third-order valence-corrected chi connectivity index (χ3v) is 6.83. The van der Waals surface area contributed by atoms with Gasteiger partial charge in [0.15, 0.2) is 0 Å². The minimum atomic E-state index is -3.72. The molecule has 144 valence electrons. The molecular weight excluding hydrogens is 384 g/mol. The average molecular weight is 407 g/mol. The molecule has 1 aromatic heterocycles. The Morgan fingerprint density at radius 3 is 2.52 bits per heavy atom. The van der Waals surface area contributed by atoms with E-state index in [0.29, 0.717) is 17.0 Å². The molecule has 27 heavy (non-hydrogen) atoms. The third kappa shape index (κ3) is 4.07. The van der Waals surface area contributed by atoms with Crippen molar-refractivity contribution in [1.29, 1.82) is 0 Å². The highest BCUT2D eigenvalue weighted by Crippen LogP contribution is 2.24. The molecule has 0 amide bonds. The van der Waals surface area contributed by atoms with Crippen LogP contribution in [0.15, 0.2) is 52.2 Å². The van der Waals surface area contributed by atoms with E-state index < -0.39 is 16.1 Å². The Morgan fingerprint density at radius 1 is 1.19 bits per heavy atom. The Balaban J connectivity index is 1.88. The van der Waals surface area contributed by atoms with Gasteiger partial charge >= 0.3 is 4.87 Å². The van der Waals surface area contributed by atoms with E-state index in [2.05, 4.69) is 4.72 Å². The van der Waals surface area contributed by atoms with E-state index >= 15 is 0 Å². The van der Waals surface area contributed by atoms with Gasteiger partial charge in [-0.3, -0.25) is 9.36 Å². The number of fused-ring (bicyclic) bond motifs is 1. The number of ether oxygens (including phenoxy) is 1. The van der Waals surface area contributed by atoms with Crippen LogP contribution in [0, 0.1) is 0 Å². The SMILES string of the molecule is CCCn1c(=O)sc2cc(S(=O)(=O)N[C@@H](C)c3ccc(OC)cc3)ccc21. The molecule has 0 bridgehead atoms. The first-order valence-electron chi connectivity index (χ1n) is 8.65. The Morgan fingerprint density at radius 2 is 1.89 bits per heavy atom. The van der Waals surface area contributed by atoms with Gasteiger partial charge in [-0.25, -0.2) is 13.1 Å². The second-order valence-corrected chi connectivity index (χ2v) is 8.97. The van der Waals surface area contributed by atoms with Crippen molar-refractivity contribution in [2.45, 2.75) is 37.8 Å². The van der Waals surface area contributed by atoms with Crippen LogP contribution in [0.5, 0.6) is 5.75 Å². The second-order valence-electron chi connectivity index (χ2n) is 6.27. The van der Waals surface area contributed by atoms with Gasteiger partial charge < -0.3 is 4.74 Å². The molecule has 6 nitrogen and oxygen atoms in total. The Bertz CT molecular complexity index is 1100. The smallest absolute Gasteiger partial charge is 0.308 e. The molecule has 0 saturated heterocycles. The van der Waals surface area contributed by atoms with Crippen LogP contribution in [0.25, 0.3) is 10.2 Å². The van der Waals surface area contributed by atoms with Gasteiger partial charge in [0.05, 0.1) is 22.2 Å². The normalized spacial score (nSPS) is 13.0. The summed E-state index contributed by atoms with van der Waals surface area (Å²) in [6.07, 6.45) is 0.840. The molecular formula is C19H22N2O4S2. The van der Waals surface area contributed by atoms with Crippen molar-refractivity contribution in [3.05, 3.63) is 57.7 Å². The van der Waals surface area contributed by atoms with Crippen molar-refractivity contribution in [3.8, 4) is 5.75 Å². The Labute approximate surface area is 162 Å². The van der Waals surface area contributed by atoms with Gasteiger partial charge in [0.25, 0.3) is 0 Å². The summed E-state index contributed by atoms with van der Waals surface area (Å²) in [5, 5.41) is 0. The fraction of sp³-hybridized carbons (Fsp3) is 0.316. The first kappa shape index (κ1) is 19.6. The van der Waals surface area contributed by atoms with Crippen LogP contribution in [-0.4, -0.2) is 20.1 Å². The molecule has 0 radical (unpaired) electrons. The number of sulfonamides is 1. The van der Waals surface area contributed by atoms with Crippen LogP contribution in [0.2, 0.25) is 0 Å². The lowest BCUT2D eigenvalue weighted by atomic mass is 10.1. The maximum Gasteiger partial charge on any atom is 0.308 e. The number of hydrogen-bond donors (Lipinski definition) is 1. The number of aromatic nitrogens is 1. The molecule has 0 fully saturated rings. The molecule has 0 saturated carbocycles. The number of rotatable bonds is 7. The van der Waals surface area contributed by atoms with Gasteiger partial charge in [0.1, 0.15) is 5.75 Å². The quantitative estimate of drug-likeness (QED) is 0.651. The Kier molecular flexibility index (Phi) is 5.69. The molecule has 8 heteroatoms. The van der Waals surface area contributed by atoms with Gasteiger partial charge in [-0.2, -0.15) is 0 Å². The lowest BCUT2D eigenvalue weighted by molar-refractivity contribution is 0.414. The molecule has 1 N–H and O–H groups in total. The zero-order valence-corrected chi connectivity index (χ0v) is 17.1. The number of aryl methyl sites for hydroxylation is 1. The summed E-state index contributed by atoms with van der Waals surface area (Å²) >= 11 is 1.07. The summed E-state index contributed by atoms with van der Waals surface area (Å²) in [7, 11) is -2.13. The number of nitrogens with one attached hydrogen (secondary N) is 1. The lowest BCUT2D eigenvalue weighted by Crippen LogP contribution is -2.26. The van der Waals surface area contributed by atoms with E-state index in [1.165, 1.54) is 0 Å². The number of methoxy groups -OCH3 is 1.